The number of nitrogens with zero attached hydrogens (tertiary/aromatic N) is 1. The molecule has 2 aromatic rings. The van der Waals surface area contributed by atoms with Gasteiger partial charge in [-0.3, -0.25) is 4.79 Å². The third kappa shape index (κ3) is 3.82. The largest absolute Gasteiger partial charge is 0.417 e. The van der Waals surface area contributed by atoms with E-state index in [9.17, 15) is 18.0 Å². The highest BCUT2D eigenvalue weighted by atomic mass is 35.5. The van der Waals surface area contributed by atoms with Crippen LogP contribution in [0.5, 0.6) is 0 Å². The smallest absolute Gasteiger partial charge is 0.300 e. The molecule has 0 radical (unpaired) electrons. The number of halogens is 4. The molecule has 1 aliphatic heterocycles. The molecule has 2 heterocycles. The number of carbonyl (C=O) groups excluding carboxylic acids is 1. The first-order valence-corrected chi connectivity index (χ1v) is 8.60. The quantitative estimate of drug-likeness (QED) is 0.708. The third-order valence-corrected chi connectivity index (χ3v) is 5.01. The lowest BCUT2D eigenvalue weighted by molar-refractivity contribution is -0.137. The molecule has 9 heteroatoms. The molecular weight excluding hydrogens is 381 g/mol. The summed E-state index contributed by atoms with van der Waals surface area (Å²) in [4.78, 5) is 17.3. The number of thioether (sulfide) groups is 1. The Morgan fingerprint density at radius 2 is 2.04 bits per heavy atom. The van der Waals surface area contributed by atoms with Crippen molar-refractivity contribution in [2.45, 2.75) is 6.18 Å². The van der Waals surface area contributed by atoms with Crippen LogP contribution in [-0.4, -0.2) is 11.1 Å². The second-order valence-corrected chi connectivity index (χ2v) is 7.08. The summed E-state index contributed by atoms with van der Waals surface area (Å²) in [5, 5.41) is 4.24. The molecule has 24 heavy (non-hydrogen) atoms. The molecule has 1 aromatic heterocycles. The molecule has 1 aliphatic rings. The first kappa shape index (κ1) is 17.1. The summed E-state index contributed by atoms with van der Waals surface area (Å²) in [6, 6.07) is 7.06. The Balaban J connectivity index is 1.87. The fraction of sp³-hybridized carbons (Fsp3) is 0.0667. The zero-order chi connectivity index (χ0) is 17.3. The van der Waals surface area contributed by atoms with E-state index in [1.807, 2.05) is 17.5 Å². The Bertz CT molecular complexity index is 845. The summed E-state index contributed by atoms with van der Waals surface area (Å²) in [7, 11) is 0. The van der Waals surface area contributed by atoms with Crippen LogP contribution in [0.25, 0.3) is 6.08 Å². The van der Waals surface area contributed by atoms with Crippen molar-refractivity contribution in [3.8, 4) is 0 Å². The molecule has 3 nitrogen and oxygen atoms in total. The van der Waals surface area contributed by atoms with Crippen LogP contribution in [-0.2, 0) is 11.0 Å². The molecule has 124 valence electrons. The minimum Gasteiger partial charge on any atom is -0.300 e. The minimum absolute atomic E-state index is 0.0619. The first-order chi connectivity index (χ1) is 11.3. The van der Waals surface area contributed by atoms with E-state index in [0.29, 0.717) is 4.91 Å². The Kier molecular flexibility index (Phi) is 4.71. The molecule has 1 aromatic carbocycles. The maximum absolute atomic E-state index is 12.9. The van der Waals surface area contributed by atoms with Crippen molar-refractivity contribution in [3.05, 3.63) is 56.1 Å². The predicted molar refractivity (Wildman–Crippen MR) is 91.6 cm³/mol. The number of benzene rings is 1. The van der Waals surface area contributed by atoms with E-state index in [1.54, 1.807) is 6.08 Å². The number of thiophene rings is 1. The molecule has 0 atom stereocenters. The second kappa shape index (κ2) is 6.62. The number of aliphatic imine (C=N–C) groups is 1. The summed E-state index contributed by atoms with van der Waals surface area (Å²) in [6.45, 7) is 0. The standard InChI is InChI=1S/C15H8ClF3N2OS2/c16-11-4-3-8(6-10(11)15(17,18)19)20-14-21-13(22)12(24-14)7-9-2-1-5-23-9/h1-7H,(H,20,21,22). The lowest BCUT2D eigenvalue weighted by atomic mass is 10.2. The van der Waals surface area contributed by atoms with E-state index in [2.05, 4.69) is 10.3 Å². The van der Waals surface area contributed by atoms with Gasteiger partial charge in [-0.2, -0.15) is 13.2 Å². The van der Waals surface area contributed by atoms with Gasteiger partial charge in [-0.15, -0.1) is 11.3 Å². The Hall–Kier alpha value is -1.77. The maximum atomic E-state index is 12.9. The number of amides is 1. The fourth-order valence-corrected chi connectivity index (χ4v) is 3.69. The molecule has 1 amide bonds. The van der Waals surface area contributed by atoms with Gasteiger partial charge in [0.25, 0.3) is 5.91 Å². The van der Waals surface area contributed by atoms with Gasteiger partial charge in [0.1, 0.15) is 0 Å². The number of hydrogen-bond donors (Lipinski definition) is 1. The van der Waals surface area contributed by atoms with E-state index in [1.165, 1.54) is 17.4 Å². The zero-order valence-corrected chi connectivity index (χ0v) is 14.1. The topological polar surface area (TPSA) is 41.5 Å². The van der Waals surface area contributed by atoms with Crippen LogP contribution in [0.4, 0.5) is 18.9 Å². The SMILES string of the molecule is O=C1NC(=Nc2ccc(Cl)c(C(F)(F)F)c2)SC1=Cc1cccs1. The Morgan fingerprint density at radius 1 is 1.25 bits per heavy atom. The third-order valence-electron chi connectivity index (χ3n) is 2.95. The Morgan fingerprint density at radius 3 is 2.71 bits per heavy atom. The van der Waals surface area contributed by atoms with Crippen molar-refractivity contribution < 1.29 is 18.0 Å². The normalized spacial score (nSPS) is 18.4. The highest BCUT2D eigenvalue weighted by molar-refractivity contribution is 8.18. The van der Waals surface area contributed by atoms with Gasteiger partial charge in [-0.05, 0) is 47.5 Å². The van der Waals surface area contributed by atoms with Crippen LogP contribution in [0.3, 0.4) is 0 Å². The second-order valence-electron chi connectivity index (χ2n) is 4.66. The van der Waals surface area contributed by atoms with Crippen molar-refractivity contribution in [3.63, 3.8) is 0 Å². The number of nitrogens with one attached hydrogen (secondary N) is 1. The van der Waals surface area contributed by atoms with Crippen molar-refractivity contribution >= 4 is 57.5 Å². The van der Waals surface area contributed by atoms with Crippen molar-refractivity contribution in [2.24, 2.45) is 4.99 Å². The first-order valence-electron chi connectivity index (χ1n) is 6.53. The van der Waals surface area contributed by atoms with Gasteiger partial charge in [-0.1, -0.05) is 17.7 Å². The molecule has 1 saturated heterocycles. The van der Waals surface area contributed by atoms with Gasteiger partial charge >= 0.3 is 6.18 Å². The van der Waals surface area contributed by atoms with E-state index >= 15 is 0 Å². The molecule has 1 fully saturated rings. The molecule has 0 aliphatic carbocycles. The van der Waals surface area contributed by atoms with Crippen LogP contribution >= 0.6 is 34.7 Å². The van der Waals surface area contributed by atoms with Crippen LogP contribution < -0.4 is 5.32 Å². The fourth-order valence-electron chi connectivity index (χ4n) is 1.90. The van der Waals surface area contributed by atoms with E-state index in [0.717, 1.165) is 28.8 Å². The molecule has 0 unspecified atom stereocenters. The van der Waals surface area contributed by atoms with E-state index < -0.39 is 16.8 Å². The van der Waals surface area contributed by atoms with E-state index in [4.69, 9.17) is 11.6 Å². The average Bonchev–Trinajstić information content (AvgIpc) is 3.11. The number of carbonyl (C=O) groups is 1. The van der Waals surface area contributed by atoms with Gasteiger partial charge in [0.2, 0.25) is 0 Å². The number of alkyl halides is 3. The number of hydrogen-bond acceptors (Lipinski definition) is 4. The summed E-state index contributed by atoms with van der Waals surface area (Å²) in [5.74, 6) is -0.336. The Labute approximate surface area is 148 Å². The summed E-state index contributed by atoms with van der Waals surface area (Å²) >= 11 is 8.12. The number of amidine groups is 1. The summed E-state index contributed by atoms with van der Waals surface area (Å²) < 4.78 is 38.6. The maximum Gasteiger partial charge on any atom is 0.417 e. The van der Waals surface area contributed by atoms with Crippen molar-refractivity contribution in [1.82, 2.24) is 5.32 Å². The van der Waals surface area contributed by atoms with Crippen LogP contribution in [0.2, 0.25) is 5.02 Å². The number of rotatable bonds is 2. The van der Waals surface area contributed by atoms with Gasteiger partial charge in [0, 0.05) is 4.88 Å². The van der Waals surface area contributed by atoms with Gasteiger partial charge < -0.3 is 5.32 Å². The van der Waals surface area contributed by atoms with Crippen molar-refractivity contribution in [1.29, 1.82) is 0 Å². The molecule has 0 spiro atoms. The van der Waals surface area contributed by atoms with Crippen LogP contribution in [0, 0.1) is 0 Å². The molecular formula is C15H8ClF3N2OS2. The zero-order valence-electron chi connectivity index (χ0n) is 11.7. The van der Waals surface area contributed by atoms with Gasteiger partial charge in [-0.25, -0.2) is 4.99 Å². The predicted octanol–water partition coefficient (Wildman–Crippen LogP) is 5.31. The van der Waals surface area contributed by atoms with Gasteiger partial charge in [0.15, 0.2) is 5.17 Å². The molecule has 3 rings (SSSR count). The van der Waals surface area contributed by atoms with Crippen LogP contribution in [0.1, 0.15) is 10.4 Å². The van der Waals surface area contributed by atoms with Crippen molar-refractivity contribution in [2.75, 3.05) is 0 Å². The monoisotopic (exact) mass is 388 g/mol. The molecule has 0 bridgehead atoms. The molecule has 1 N–H and O–H groups in total. The highest BCUT2D eigenvalue weighted by Crippen LogP contribution is 2.37. The van der Waals surface area contributed by atoms with E-state index in [-0.39, 0.29) is 16.8 Å². The van der Waals surface area contributed by atoms with Crippen LogP contribution in [0.15, 0.2) is 45.6 Å². The lowest BCUT2D eigenvalue weighted by Crippen LogP contribution is -2.19. The molecule has 0 saturated carbocycles. The summed E-state index contributed by atoms with van der Waals surface area (Å²) in [5.41, 5.74) is -0.901. The highest BCUT2D eigenvalue weighted by Gasteiger charge is 2.33. The lowest BCUT2D eigenvalue weighted by Gasteiger charge is -2.09. The summed E-state index contributed by atoms with van der Waals surface area (Å²) in [6.07, 6.45) is -2.86. The average molecular weight is 389 g/mol. The minimum atomic E-state index is -4.57. The van der Waals surface area contributed by atoms with Gasteiger partial charge in [0.05, 0.1) is 21.2 Å².